The van der Waals surface area contributed by atoms with Crippen LogP contribution >= 0.6 is 0 Å². The van der Waals surface area contributed by atoms with Gasteiger partial charge in [-0.2, -0.15) is 0 Å². The number of rotatable bonds is 5. The number of morpholine rings is 1. The number of fused-ring (bicyclic) bond motifs is 1. The van der Waals surface area contributed by atoms with Gasteiger partial charge in [-0.05, 0) is 33.0 Å². The number of aromatic nitrogens is 1. The minimum absolute atomic E-state index is 0.0333. The number of pyridine rings is 1. The number of hydrogen-bond donors (Lipinski definition) is 1. The number of anilines is 1. The molecule has 1 unspecified atom stereocenters. The van der Waals surface area contributed by atoms with E-state index in [1.807, 2.05) is 19.0 Å². The van der Waals surface area contributed by atoms with E-state index in [1.54, 1.807) is 4.90 Å². The number of nitrogens with zero attached hydrogens (tertiary/aromatic N) is 3. The third-order valence-electron chi connectivity index (χ3n) is 5.45. The average Bonchev–Trinajstić information content (AvgIpc) is 3.48. The van der Waals surface area contributed by atoms with Crippen LogP contribution in [0.4, 0.5) is 14.5 Å². The van der Waals surface area contributed by atoms with Crippen LogP contribution in [0.25, 0.3) is 10.9 Å². The molecule has 29 heavy (non-hydrogen) atoms. The molecule has 1 aromatic heterocycles. The lowest BCUT2D eigenvalue weighted by molar-refractivity contribution is 0.0694. The van der Waals surface area contributed by atoms with E-state index in [4.69, 9.17) is 4.74 Å². The van der Waals surface area contributed by atoms with Crippen molar-refractivity contribution in [2.75, 3.05) is 45.3 Å². The number of carbonyl (C=O) groups is 1. The molecule has 1 atom stereocenters. The lowest BCUT2D eigenvalue weighted by Gasteiger charge is -2.39. The Morgan fingerprint density at radius 1 is 1.34 bits per heavy atom. The van der Waals surface area contributed by atoms with Gasteiger partial charge < -0.3 is 24.2 Å². The average molecular weight is 407 g/mol. The summed E-state index contributed by atoms with van der Waals surface area (Å²) in [5, 5.41) is 9.10. The molecule has 2 aliphatic rings. The molecule has 1 aliphatic heterocycles. The minimum Gasteiger partial charge on any atom is -0.477 e. The zero-order chi connectivity index (χ0) is 20.9. The number of aromatic carboxylic acids is 1. The summed E-state index contributed by atoms with van der Waals surface area (Å²) in [4.78, 5) is 27.6. The molecule has 0 spiro atoms. The first-order chi connectivity index (χ1) is 13.8. The van der Waals surface area contributed by atoms with Crippen LogP contribution < -0.4 is 10.3 Å². The standard InChI is InChI=1S/C20H23F2N3O4/c1-23(2)8-12-10-29-6-5-24(12)18-15(21)7-13-17(16(18)22)25(11-3-4-11)9-14(19(13)26)20(27)28/h7,9,11-12H,3-6,8,10H2,1-2H3,(H,27,28). The number of carboxylic acid groups (broad SMARTS) is 1. The fourth-order valence-electron chi connectivity index (χ4n) is 4.01. The molecule has 0 amide bonds. The number of hydrogen-bond acceptors (Lipinski definition) is 5. The van der Waals surface area contributed by atoms with Crippen LogP contribution in [0.5, 0.6) is 0 Å². The molecule has 2 fully saturated rings. The molecule has 4 rings (SSSR count). The monoisotopic (exact) mass is 407 g/mol. The van der Waals surface area contributed by atoms with Crippen molar-refractivity contribution in [2.45, 2.75) is 24.9 Å². The van der Waals surface area contributed by atoms with Crippen molar-refractivity contribution in [3.8, 4) is 0 Å². The molecule has 0 radical (unpaired) electrons. The largest absolute Gasteiger partial charge is 0.477 e. The van der Waals surface area contributed by atoms with Crippen molar-refractivity contribution in [2.24, 2.45) is 0 Å². The number of benzene rings is 1. The molecule has 2 aromatic rings. The molecule has 1 aromatic carbocycles. The molecule has 0 bridgehead atoms. The second-order valence-electron chi connectivity index (χ2n) is 7.92. The van der Waals surface area contributed by atoms with E-state index < -0.39 is 28.6 Å². The van der Waals surface area contributed by atoms with Gasteiger partial charge in [0.1, 0.15) is 17.1 Å². The predicted molar refractivity (Wildman–Crippen MR) is 104 cm³/mol. The lowest BCUT2D eigenvalue weighted by atomic mass is 10.1. The van der Waals surface area contributed by atoms with Crippen molar-refractivity contribution in [1.82, 2.24) is 9.47 Å². The second-order valence-corrected chi connectivity index (χ2v) is 7.92. The van der Waals surface area contributed by atoms with Gasteiger partial charge in [0.15, 0.2) is 5.82 Å². The van der Waals surface area contributed by atoms with Gasteiger partial charge in [-0.15, -0.1) is 0 Å². The van der Waals surface area contributed by atoms with Gasteiger partial charge in [-0.25, -0.2) is 13.6 Å². The van der Waals surface area contributed by atoms with E-state index in [-0.39, 0.29) is 28.7 Å². The van der Waals surface area contributed by atoms with E-state index >= 15 is 8.78 Å². The van der Waals surface area contributed by atoms with Crippen molar-refractivity contribution in [3.63, 3.8) is 0 Å². The summed E-state index contributed by atoms with van der Waals surface area (Å²) >= 11 is 0. The third-order valence-corrected chi connectivity index (χ3v) is 5.45. The molecular weight excluding hydrogens is 384 g/mol. The van der Waals surface area contributed by atoms with E-state index in [0.29, 0.717) is 26.3 Å². The van der Waals surface area contributed by atoms with E-state index in [9.17, 15) is 14.7 Å². The molecule has 1 aliphatic carbocycles. The Balaban J connectivity index is 1.95. The van der Waals surface area contributed by atoms with E-state index in [2.05, 4.69) is 0 Å². The number of carboxylic acids is 1. The number of ether oxygens (including phenoxy) is 1. The molecule has 1 N–H and O–H groups in total. The molecule has 2 heterocycles. The maximum absolute atomic E-state index is 15.7. The van der Waals surface area contributed by atoms with E-state index in [0.717, 1.165) is 18.9 Å². The highest BCUT2D eigenvalue weighted by Gasteiger charge is 2.33. The van der Waals surface area contributed by atoms with Gasteiger partial charge >= 0.3 is 5.97 Å². The van der Waals surface area contributed by atoms with Gasteiger partial charge in [0.05, 0.1) is 30.2 Å². The molecule has 7 nitrogen and oxygen atoms in total. The highest BCUT2D eigenvalue weighted by atomic mass is 19.1. The van der Waals surface area contributed by atoms with Gasteiger partial charge in [-0.3, -0.25) is 4.79 Å². The van der Waals surface area contributed by atoms with Gasteiger partial charge in [0.2, 0.25) is 5.43 Å². The fraction of sp³-hybridized carbons (Fsp3) is 0.500. The number of halogens is 2. The lowest BCUT2D eigenvalue weighted by Crippen LogP contribution is -2.51. The van der Waals surface area contributed by atoms with Crippen LogP contribution in [0.15, 0.2) is 17.1 Å². The van der Waals surface area contributed by atoms with Crippen LogP contribution in [-0.4, -0.2) is 67.0 Å². The summed E-state index contributed by atoms with van der Waals surface area (Å²) in [6, 6.07) is 0.634. The van der Waals surface area contributed by atoms with Crippen molar-refractivity contribution >= 4 is 22.6 Å². The molecule has 1 saturated carbocycles. The van der Waals surface area contributed by atoms with Crippen molar-refractivity contribution in [1.29, 1.82) is 0 Å². The van der Waals surface area contributed by atoms with Crippen molar-refractivity contribution < 1.29 is 23.4 Å². The minimum atomic E-state index is -1.41. The zero-order valence-corrected chi connectivity index (χ0v) is 16.3. The Hall–Kier alpha value is -2.52. The molecule has 156 valence electrons. The topological polar surface area (TPSA) is 75.0 Å². The summed E-state index contributed by atoms with van der Waals surface area (Å²) in [5.41, 5.74) is -1.58. The SMILES string of the molecule is CN(C)CC1COCCN1c1c(F)cc2c(=O)c(C(=O)O)cn(C3CC3)c2c1F. The van der Waals surface area contributed by atoms with Crippen LogP contribution in [0.1, 0.15) is 29.2 Å². The normalized spacial score (nSPS) is 19.9. The van der Waals surface area contributed by atoms with Gasteiger partial charge in [0, 0.05) is 25.3 Å². The summed E-state index contributed by atoms with van der Waals surface area (Å²) in [6.07, 6.45) is 2.69. The first-order valence-electron chi connectivity index (χ1n) is 9.58. The third kappa shape index (κ3) is 3.49. The summed E-state index contributed by atoms with van der Waals surface area (Å²) in [7, 11) is 3.75. The summed E-state index contributed by atoms with van der Waals surface area (Å²) < 4.78 is 37.8. The smallest absolute Gasteiger partial charge is 0.341 e. The van der Waals surface area contributed by atoms with Gasteiger partial charge in [0.25, 0.3) is 0 Å². The Morgan fingerprint density at radius 2 is 2.07 bits per heavy atom. The Labute approximate surface area is 166 Å². The van der Waals surface area contributed by atoms with Crippen molar-refractivity contribution in [3.05, 3.63) is 39.7 Å². The van der Waals surface area contributed by atoms with Crippen LogP contribution in [-0.2, 0) is 4.74 Å². The highest BCUT2D eigenvalue weighted by molar-refractivity contribution is 5.94. The summed E-state index contributed by atoms with van der Waals surface area (Å²) in [5.74, 6) is -3.11. The van der Waals surface area contributed by atoms with Crippen LogP contribution in [0.3, 0.4) is 0 Å². The maximum Gasteiger partial charge on any atom is 0.341 e. The Kier molecular flexibility index (Phi) is 5.04. The highest BCUT2D eigenvalue weighted by Crippen LogP contribution is 2.40. The second kappa shape index (κ2) is 7.38. The molecule has 9 heteroatoms. The quantitative estimate of drug-likeness (QED) is 0.818. The zero-order valence-electron chi connectivity index (χ0n) is 16.3. The molecule has 1 saturated heterocycles. The first kappa shape index (κ1) is 19.8. The first-order valence-corrected chi connectivity index (χ1v) is 9.58. The van der Waals surface area contributed by atoms with Crippen LogP contribution in [0, 0.1) is 11.6 Å². The maximum atomic E-state index is 15.7. The Morgan fingerprint density at radius 3 is 2.69 bits per heavy atom. The Bertz CT molecular complexity index is 1030. The van der Waals surface area contributed by atoms with Gasteiger partial charge in [-0.1, -0.05) is 0 Å². The predicted octanol–water partition coefficient (Wildman–Crippen LogP) is 2.08. The van der Waals surface area contributed by atoms with E-state index in [1.165, 1.54) is 10.8 Å². The summed E-state index contributed by atoms with van der Waals surface area (Å²) in [6.45, 7) is 1.54. The fourth-order valence-corrected chi connectivity index (χ4v) is 4.01. The number of likely N-dealkylation sites (N-methyl/N-ethyl adjacent to an activating group) is 1. The molecular formula is C20H23F2N3O4. The van der Waals surface area contributed by atoms with Crippen LogP contribution in [0.2, 0.25) is 0 Å².